The summed E-state index contributed by atoms with van der Waals surface area (Å²) in [6.45, 7) is 4.95. The quantitative estimate of drug-likeness (QED) is 0.230. The SMILES string of the molecule is CC(COc1cccc(Cn2c(C(=O)N3CCNCC3)c(-c3ccccc3)n(C3CCCN(S(=O)(=O)c4ccccc4)C3)c2=O)c1)CC(N)=O. The number of primary amides is 1. The molecule has 6 rings (SSSR count). The van der Waals surface area contributed by atoms with Gasteiger partial charge in [0, 0.05) is 51.3 Å². The summed E-state index contributed by atoms with van der Waals surface area (Å²) in [5.74, 6) is -0.157. The first-order valence-corrected chi connectivity index (χ1v) is 18.5. The van der Waals surface area contributed by atoms with Gasteiger partial charge in [0.2, 0.25) is 15.9 Å². The Labute approximate surface area is 292 Å². The lowest BCUT2D eigenvalue weighted by molar-refractivity contribution is -0.119. The van der Waals surface area contributed by atoms with E-state index < -0.39 is 22.0 Å². The van der Waals surface area contributed by atoms with Gasteiger partial charge in [0.1, 0.15) is 11.4 Å². The second kappa shape index (κ2) is 15.4. The Morgan fingerprint density at radius 3 is 2.36 bits per heavy atom. The number of nitrogens with two attached hydrogens (primary N) is 1. The van der Waals surface area contributed by atoms with Gasteiger partial charge in [-0.25, -0.2) is 13.2 Å². The number of carbonyl (C=O) groups excluding carboxylic acids is 2. The number of imidazole rings is 1. The fraction of sp³-hybridized carbons (Fsp3) is 0.378. The van der Waals surface area contributed by atoms with Crippen LogP contribution in [0.5, 0.6) is 5.75 Å². The van der Waals surface area contributed by atoms with Crippen LogP contribution in [0.15, 0.2) is 94.6 Å². The van der Waals surface area contributed by atoms with E-state index in [1.54, 1.807) is 45.9 Å². The van der Waals surface area contributed by atoms with Crippen LogP contribution in [0.4, 0.5) is 0 Å². The second-order valence-electron chi connectivity index (χ2n) is 13.1. The van der Waals surface area contributed by atoms with Crippen LogP contribution in [0.1, 0.15) is 48.3 Å². The Balaban J connectivity index is 1.44. The summed E-state index contributed by atoms with van der Waals surface area (Å²) < 4.78 is 38.1. The zero-order valence-electron chi connectivity index (χ0n) is 28.2. The third-order valence-electron chi connectivity index (χ3n) is 9.25. The lowest BCUT2D eigenvalue weighted by Crippen LogP contribution is -2.47. The molecule has 0 radical (unpaired) electrons. The molecule has 2 amide bonds. The molecule has 2 unspecified atom stereocenters. The number of ether oxygens (including phenoxy) is 1. The van der Waals surface area contributed by atoms with Crippen molar-refractivity contribution < 1.29 is 22.7 Å². The average Bonchev–Trinajstić information content (AvgIpc) is 3.42. The fourth-order valence-electron chi connectivity index (χ4n) is 6.80. The van der Waals surface area contributed by atoms with E-state index in [0.29, 0.717) is 62.6 Å². The Kier molecular flexibility index (Phi) is 10.8. The van der Waals surface area contributed by atoms with E-state index in [-0.39, 0.29) is 54.2 Å². The summed E-state index contributed by atoms with van der Waals surface area (Å²) in [6, 6.07) is 24.5. The number of piperidine rings is 1. The third kappa shape index (κ3) is 7.69. The highest BCUT2D eigenvalue weighted by atomic mass is 32.2. The van der Waals surface area contributed by atoms with Crippen molar-refractivity contribution in [3.05, 3.63) is 107 Å². The number of benzene rings is 3. The number of sulfonamides is 1. The lowest BCUT2D eigenvalue weighted by atomic mass is 10.0. The van der Waals surface area contributed by atoms with Crippen LogP contribution in [-0.2, 0) is 21.4 Å². The molecule has 12 nitrogen and oxygen atoms in total. The Morgan fingerprint density at radius 2 is 1.66 bits per heavy atom. The smallest absolute Gasteiger partial charge is 0.329 e. The van der Waals surface area contributed by atoms with Crippen LogP contribution in [-0.4, -0.2) is 84.4 Å². The van der Waals surface area contributed by atoms with E-state index in [9.17, 15) is 22.8 Å². The fourth-order valence-corrected chi connectivity index (χ4v) is 8.34. The van der Waals surface area contributed by atoms with E-state index in [2.05, 4.69) is 5.32 Å². The molecule has 2 aliphatic heterocycles. The van der Waals surface area contributed by atoms with Crippen LogP contribution in [0.2, 0.25) is 0 Å². The van der Waals surface area contributed by atoms with Crippen molar-refractivity contribution in [1.29, 1.82) is 0 Å². The minimum atomic E-state index is -3.81. The summed E-state index contributed by atoms with van der Waals surface area (Å²) >= 11 is 0. The first-order chi connectivity index (χ1) is 24.1. The Morgan fingerprint density at radius 1 is 0.960 bits per heavy atom. The second-order valence-corrected chi connectivity index (χ2v) is 15.0. The molecule has 2 saturated heterocycles. The van der Waals surface area contributed by atoms with Gasteiger partial charge < -0.3 is 20.7 Å². The molecular weight excluding hydrogens is 657 g/mol. The molecule has 3 heterocycles. The maximum Gasteiger partial charge on any atom is 0.329 e. The van der Waals surface area contributed by atoms with Crippen molar-refractivity contribution in [3.63, 3.8) is 0 Å². The van der Waals surface area contributed by atoms with Crippen molar-refractivity contribution >= 4 is 21.8 Å². The van der Waals surface area contributed by atoms with Crippen molar-refractivity contribution in [2.45, 2.75) is 43.7 Å². The van der Waals surface area contributed by atoms with Gasteiger partial charge in [-0.05, 0) is 48.6 Å². The zero-order chi connectivity index (χ0) is 35.3. The van der Waals surface area contributed by atoms with Gasteiger partial charge in [-0.15, -0.1) is 0 Å². The van der Waals surface area contributed by atoms with Crippen molar-refractivity contribution in [2.24, 2.45) is 11.7 Å². The number of rotatable bonds is 12. The molecule has 2 aliphatic rings. The average molecular weight is 701 g/mol. The van der Waals surface area contributed by atoms with Crippen molar-refractivity contribution in [1.82, 2.24) is 23.7 Å². The molecule has 0 spiro atoms. The topological polar surface area (TPSA) is 149 Å². The van der Waals surface area contributed by atoms with E-state index in [0.717, 1.165) is 5.56 Å². The number of hydrogen-bond donors (Lipinski definition) is 2. The van der Waals surface area contributed by atoms with Gasteiger partial charge in [0.05, 0.1) is 29.8 Å². The molecule has 3 aromatic carbocycles. The summed E-state index contributed by atoms with van der Waals surface area (Å²) in [4.78, 5) is 42.7. The lowest BCUT2D eigenvalue weighted by Gasteiger charge is -2.33. The molecule has 0 bridgehead atoms. The van der Waals surface area contributed by atoms with Crippen molar-refractivity contribution in [2.75, 3.05) is 45.9 Å². The standard InChI is InChI=1S/C37H44N6O6S/c1-27(22-33(38)44)26-49-31-14-8-10-28(23-31)24-42-35(36(45)40-20-17-39-18-21-40)34(29-11-4-2-5-12-29)43(37(42)46)30-13-9-19-41(25-30)50(47,48)32-15-6-3-7-16-32/h2-8,10-12,14-16,23,27,30,39H,9,13,17-22,24-26H2,1H3,(H2,38,44). The number of hydrogen-bond acceptors (Lipinski definition) is 7. The van der Waals surface area contributed by atoms with E-state index in [1.165, 1.54) is 8.87 Å². The summed E-state index contributed by atoms with van der Waals surface area (Å²) in [6.07, 6.45) is 1.32. The van der Waals surface area contributed by atoms with Crippen LogP contribution < -0.4 is 21.5 Å². The monoisotopic (exact) mass is 700 g/mol. The van der Waals surface area contributed by atoms with E-state index in [4.69, 9.17) is 10.5 Å². The third-order valence-corrected chi connectivity index (χ3v) is 11.1. The maximum atomic E-state index is 14.8. The summed E-state index contributed by atoms with van der Waals surface area (Å²) in [7, 11) is -3.81. The number of piperazine rings is 1. The molecular formula is C37H44N6O6S. The Hall–Kier alpha value is -4.72. The molecule has 3 N–H and O–H groups in total. The molecule has 0 saturated carbocycles. The molecule has 2 atom stereocenters. The molecule has 4 aromatic rings. The van der Waals surface area contributed by atoms with Gasteiger partial charge >= 0.3 is 5.69 Å². The van der Waals surface area contributed by atoms with Gasteiger partial charge in [0.15, 0.2) is 0 Å². The summed E-state index contributed by atoms with van der Waals surface area (Å²) in [5.41, 5.74) is 7.16. The Bertz CT molecular complexity index is 1970. The minimum absolute atomic E-state index is 0.0785. The van der Waals surface area contributed by atoms with Gasteiger partial charge in [-0.2, -0.15) is 4.31 Å². The maximum absolute atomic E-state index is 14.8. The van der Waals surface area contributed by atoms with Gasteiger partial charge in [-0.1, -0.05) is 67.6 Å². The number of nitrogens with one attached hydrogen (secondary N) is 1. The molecule has 50 heavy (non-hydrogen) atoms. The number of carbonyl (C=O) groups is 2. The van der Waals surface area contributed by atoms with Gasteiger partial charge in [-0.3, -0.25) is 18.7 Å². The molecule has 264 valence electrons. The van der Waals surface area contributed by atoms with E-state index in [1.807, 2.05) is 55.5 Å². The highest BCUT2D eigenvalue weighted by molar-refractivity contribution is 7.89. The van der Waals surface area contributed by atoms with Gasteiger partial charge in [0.25, 0.3) is 5.91 Å². The highest BCUT2D eigenvalue weighted by Gasteiger charge is 2.37. The normalized spacial score (nSPS) is 17.7. The van der Waals surface area contributed by atoms with Crippen LogP contribution in [0, 0.1) is 5.92 Å². The predicted octanol–water partition coefficient (Wildman–Crippen LogP) is 3.33. The first kappa shape index (κ1) is 35.1. The number of nitrogens with zero attached hydrogens (tertiary/aromatic N) is 4. The zero-order valence-corrected chi connectivity index (χ0v) is 29.1. The highest BCUT2D eigenvalue weighted by Crippen LogP contribution is 2.33. The number of amides is 2. The minimum Gasteiger partial charge on any atom is -0.493 e. The molecule has 0 aliphatic carbocycles. The predicted molar refractivity (Wildman–Crippen MR) is 190 cm³/mol. The van der Waals surface area contributed by atoms with Crippen LogP contribution in [0.25, 0.3) is 11.3 Å². The van der Waals surface area contributed by atoms with Crippen LogP contribution >= 0.6 is 0 Å². The first-order valence-electron chi connectivity index (χ1n) is 17.1. The van der Waals surface area contributed by atoms with E-state index >= 15 is 0 Å². The largest absolute Gasteiger partial charge is 0.493 e. The molecule has 1 aromatic heterocycles. The van der Waals surface area contributed by atoms with Crippen molar-refractivity contribution in [3.8, 4) is 17.0 Å². The molecule has 2 fully saturated rings. The summed E-state index contributed by atoms with van der Waals surface area (Å²) in [5, 5.41) is 3.29. The van der Waals surface area contributed by atoms with Crippen LogP contribution in [0.3, 0.4) is 0 Å². The number of aromatic nitrogens is 2. The molecule has 13 heteroatoms.